The lowest BCUT2D eigenvalue weighted by atomic mass is 9.81. The smallest absolute Gasteiger partial charge is 0.272 e. The van der Waals surface area contributed by atoms with Crippen molar-refractivity contribution in [3.8, 4) is 0 Å². The monoisotopic (exact) mass is 264 g/mol. The molecule has 0 aliphatic heterocycles. The first kappa shape index (κ1) is 15.6. The van der Waals surface area contributed by atoms with Crippen molar-refractivity contribution in [2.75, 3.05) is 13.1 Å². The van der Waals surface area contributed by atoms with Crippen LogP contribution in [0, 0.1) is 21.4 Å². The molecule has 0 radical (unpaired) electrons. The van der Waals surface area contributed by atoms with E-state index in [1.807, 2.05) is 12.1 Å². The minimum absolute atomic E-state index is 0.215. The minimum Gasteiger partial charge on any atom is -0.316 e. The summed E-state index contributed by atoms with van der Waals surface area (Å²) in [7, 11) is 0. The second-order valence-electron chi connectivity index (χ2n) is 5.96. The van der Waals surface area contributed by atoms with Crippen LogP contribution in [-0.4, -0.2) is 18.0 Å². The minimum atomic E-state index is -0.312. The van der Waals surface area contributed by atoms with E-state index in [1.54, 1.807) is 12.1 Å². The Kier molecular flexibility index (Phi) is 5.48. The van der Waals surface area contributed by atoms with Gasteiger partial charge < -0.3 is 5.32 Å². The summed E-state index contributed by atoms with van der Waals surface area (Å²) in [6, 6.07) is 6.94. The predicted octanol–water partition coefficient (Wildman–Crippen LogP) is 3.41. The van der Waals surface area contributed by atoms with Crippen LogP contribution in [0.2, 0.25) is 0 Å². The molecule has 106 valence electrons. The zero-order chi connectivity index (χ0) is 14.5. The van der Waals surface area contributed by atoms with Gasteiger partial charge in [-0.3, -0.25) is 10.1 Å². The van der Waals surface area contributed by atoms with Crippen molar-refractivity contribution < 1.29 is 4.92 Å². The summed E-state index contributed by atoms with van der Waals surface area (Å²) in [4.78, 5) is 10.6. The van der Waals surface area contributed by atoms with Gasteiger partial charge in [-0.2, -0.15) is 0 Å². The van der Waals surface area contributed by atoms with E-state index in [1.165, 1.54) is 0 Å². The van der Waals surface area contributed by atoms with Crippen molar-refractivity contribution >= 4 is 5.69 Å². The van der Waals surface area contributed by atoms with Gasteiger partial charge in [0.25, 0.3) is 5.69 Å². The molecule has 4 heteroatoms. The summed E-state index contributed by atoms with van der Waals surface area (Å²) >= 11 is 0. The first-order chi connectivity index (χ1) is 8.84. The third kappa shape index (κ3) is 4.63. The van der Waals surface area contributed by atoms with Crippen LogP contribution in [0.4, 0.5) is 5.69 Å². The Bertz CT molecular complexity index is 428. The molecule has 1 aromatic rings. The molecule has 1 aromatic carbocycles. The lowest BCUT2D eigenvalue weighted by molar-refractivity contribution is -0.385. The van der Waals surface area contributed by atoms with Crippen molar-refractivity contribution in [1.82, 2.24) is 5.32 Å². The van der Waals surface area contributed by atoms with Crippen LogP contribution < -0.4 is 5.32 Å². The van der Waals surface area contributed by atoms with Gasteiger partial charge in [-0.25, -0.2) is 0 Å². The van der Waals surface area contributed by atoms with Crippen molar-refractivity contribution in [3.63, 3.8) is 0 Å². The number of nitrogens with one attached hydrogen (secondary N) is 1. The fourth-order valence-corrected chi connectivity index (χ4v) is 1.74. The molecule has 4 nitrogen and oxygen atoms in total. The van der Waals surface area contributed by atoms with Crippen LogP contribution >= 0.6 is 0 Å². The van der Waals surface area contributed by atoms with E-state index < -0.39 is 0 Å². The quantitative estimate of drug-likeness (QED) is 0.466. The number of rotatable bonds is 7. The molecule has 0 aliphatic rings. The van der Waals surface area contributed by atoms with Crippen molar-refractivity contribution in [1.29, 1.82) is 0 Å². The molecule has 0 saturated heterocycles. The summed E-state index contributed by atoms with van der Waals surface area (Å²) in [5.41, 5.74) is 1.25. The molecule has 1 N–H and O–H groups in total. The molecule has 0 unspecified atom stereocenters. The highest BCUT2D eigenvalue weighted by Gasteiger charge is 2.21. The Labute approximate surface area is 115 Å². The lowest BCUT2D eigenvalue weighted by Crippen LogP contribution is -2.34. The summed E-state index contributed by atoms with van der Waals surface area (Å²) in [5, 5.41) is 14.3. The van der Waals surface area contributed by atoms with E-state index in [2.05, 4.69) is 33.0 Å². The molecule has 0 bridgehead atoms. The predicted molar refractivity (Wildman–Crippen MR) is 78.3 cm³/mol. The molecule has 0 aliphatic carbocycles. The van der Waals surface area contributed by atoms with Gasteiger partial charge in [0.05, 0.1) is 4.92 Å². The maximum Gasteiger partial charge on any atom is 0.272 e. The fraction of sp³-hybridized carbons (Fsp3) is 0.600. The van der Waals surface area contributed by atoms with Gasteiger partial charge in [0.15, 0.2) is 0 Å². The number of para-hydroxylation sites is 1. The third-order valence-electron chi connectivity index (χ3n) is 3.90. The van der Waals surface area contributed by atoms with Crippen molar-refractivity contribution in [2.24, 2.45) is 11.3 Å². The standard InChI is InChI=1S/C15H24N2O2/c1-12(2)15(3,4)11-16-10-9-13-7-5-6-8-14(13)17(18)19/h5-8,12,16H,9-11H2,1-4H3. The van der Waals surface area contributed by atoms with Crippen LogP contribution in [0.5, 0.6) is 0 Å². The van der Waals surface area contributed by atoms with E-state index in [9.17, 15) is 10.1 Å². The third-order valence-corrected chi connectivity index (χ3v) is 3.90. The number of benzene rings is 1. The van der Waals surface area contributed by atoms with Gasteiger partial charge in [0.2, 0.25) is 0 Å². The van der Waals surface area contributed by atoms with Gasteiger partial charge in [0, 0.05) is 18.2 Å². The van der Waals surface area contributed by atoms with Crippen LogP contribution in [0.1, 0.15) is 33.3 Å². The van der Waals surface area contributed by atoms with Crippen LogP contribution in [0.3, 0.4) is 0 Å². The van der Waals surface area contributed by atoms with Gasteiger partial charge >= 0.3 is 0 Å². The molecule has 0 amide bonds. The molecule has 0 aromatic heterocycles. The van der Waals surface area contributed by atoms with Gasteiger partial charge in [-0.15, -0.1) is 0 Å². The maximum atomic E-state index is 10.9. The Morgan fingerprint density at radius 3 is 2.53 bits per heavy atom. The summed E-state index contributed by atoms with van der Waals surface area (Å²) < 4.78 is 0. The van der Waals surface area contributed by atoms with Crippen LogP contribution in [-0.2, 0) is 6.42 Å². The summed E-state index contributed by atoms with van der Waals surface area (Å²) in [6.45, 7) is 10.6. The first-order valence-electron chi connectivity index (χ1n) is 6.77. The lowest BCUT2D eigenvalue weighted by Gasteiger charge is -2.29. The topological polar surface area (TPSA) is 55.2 Å². The number of nitro groups is 1. The fourth-order valence-electron chi connectivity index (χ4n) is 1.74. The Morgan fingerprint density at radius 1 is 1.32 bits per heavy atom. The average Bonchev–Trinajstić information content (AvgIpc) is 2.34. The van der Waals surface area contributed by atoms with E-state index in [4.69, 9.17) is 0 Å². The second-order valence-corrected chi connectivity index (χ2v) is 5.96. The highest BCUT2D eigenvalue weighted by atomic mass is 16.6. The molecule has 0 spiro atoms. The first-order valence-corrected chi connectivity index (χ1v) is 6.77. The van der Waals surface area contributed by atoms with E-state index in [-0.39, 0.29) is 16.0 Å². The number of hydrogen-bond acceptors (Lipinski definition) is 3. The zero-order valence-electron chi connectivity index (χ0n) is 12.3. The molecule has 0 heterocycles. The highest BCUT2D eigenvalue weighted by molar-refractivity contribution is 5.39. The van der Waals surface area contributed by atoms with Crippen LogP contribution in [0.25, 0.3) is 0 Å². The molecule has 1 rings (SSSR count). The normalized spacial score (nSPS) is 11.8. The summed E-state index contributed by atoms with van der Waals surface area (Å²) in [5.74, 6) is 0.603. The molecular formula is C15H24N2O2. The zero-order valence-corrected chi connectivity index (χ0v) is 12.3. The average molecular weight is 264 g/mol. The number of nitro benzene ring substituents is 1. The Balaban J connectivity index is 2.48. The maximum absolute atomic E-state index is 10.9. The van der Waals surface area contributed by atoms with E-state index >= 15 is 0 Å². The number of hydrogen-bond donors (Lipinski definition) is 1. The molecular weight excluding hydrogens is 240 g/mol. The Morgan fingerprint density at radius 2 is 1.95 bits per heavy atom. The van der Waals surface area contributed by atoms with Crippen LogP contribution in [0.15, 0.2) is 24.3 Å². The van der Waals surface area contributed by atoms with Gasteiger partial charge in [0.1, 0.15) is 0 Å². The van der Waals surface area contributed by atoms with E-state index in [0.717, 1.165) is 18.7 Å². The highest BCUT2D eigenvalue weighted by Crippen LogP contribution is 2.24. The second kappa shape index (κ2) is 6.66. The van der Waals surface area contributed by atoms with Crippen molar-refractivity contribution in [3.05, 3.63) is 39.9 Å². The molecule has 0 atom stereocenters. The Hall–Kier alpha value is -1.42. The van der Waals surface area contributed by atoms with Gasteiger partial charge in [-0.1, -0.05) is 45.9 Å². The molecule has 0 saturated carbocycles. The number of nitrogens with zero attached hydrogens (tertiary/aromatic N) is 1. The van der Waals surface area contributed by atoms with Gasteiger partial charge in [-0.05, 0) is 24.3 Å². The van der Waals surface area contributed by atoms with E-state index in [0.29, 0.717) is 12.3 Å². The van der Waals surface area contributed by atoms with Crippen molar-refractivity contribution in [2.45, 2.75) is 34.1 Å². The largest absolute Gasteiger partial charge is 0.316 e. The summed E-state index contributed by atoms with van der Waals surface area (Å²) in [6.07, 6.45) is 0.686. The SMILES string of the molecule is CC(C)C(C)(C)CNCCc1ccccc1[N+](=O)[O-]. The molecule has 0 fully saturated rings. The molecule has 19 heavy (non-hydrogen) atoms.